The van der Waals surface area contributed by atoms with Crippen molar-refractivity contribution in [3.05, 3.63) is 18.4 Å². The summed E-state index contributed by atoms with van der Waals surface area (Å²) in [5.74, 6) is 0.932. The Morgan fingerprint density at radius 1 is 1.00 bits per heavy atom. The molecular formula is C20H37NO2Sn. The van der Waals surface area contributed by atoms with Crippen LogP contribution in [0.1, 0.15) is 84.4 Å². The van der Waals surface area contributed by atoms with Crippen LogP contribution in [0.25, 0.3) is 0 Å². The molecule has 1 atom stereocenters. The van der Waals surface area contributed by atoms with Gasteiger partial charge < -0.3 is 0 Å². The number of unbranched alkanes of at least 4 members (excludes halogenated alkanes) is 3. The Balaban J connectivity index is 2.44. The molecule has 2 heterocycles. The van der Waals surface area contributed by atoms with E-state index in [0.717, 1.165) is 18.9 Å². The van der Waals surface area contributed by atoms with E-state index in [2.05, 4.69) is 25.8 Å². The van der Waals surface area contributed by atoms with Gasteiger partial charge in [-0.3, -0.25) is 0 Å². The molecule has 1 aliphatic heterocycles. The fourth-order valence-corrected chi connectivity index (χ4v) is 23.8. The molecule has 1 aromatic heterocycles. The molecule has 1 aromatic rings. The zero-order chi connectivity index (χ0) is 17.3. The molecule has 0 bridgehead atoms. The Kier molecular flexibility index (Phi) is 8.62. The molecule has 138 valence electrons. The number of rotatable bonds is 11. The van der Waals surface area contributed by atoms with E-state index in [4.69, 9.17) is 9.15 Å². The zero-order valence-electron chi connectivity index (χ0n) is 16.1. The van der Waals surface area contributed by atoms with Gasteiger partial charge in [-0.05, 0) is 0 Å². The minimum absolute atomic E-state index is 0.101. The number of hydrogen-bond acceptors (Lipinski definition) is 3. The van der Waals surface area contributed by atoms with Gasteiger partial charge in [-0.1, -0.05) is 0 Å². The Labute approximate surface area is 152 Å². The van der Waals surface area contributed by atoms with E-state index in [9.17, 15) is 0 Å². The number of aromatic nitrogens is 1. The Morgan fingerprint density at radius 2 is 1.62 bits per heavy atom. The number of hydrogen-bond donors (Lipinski definition) is 0. The van der Waals surface area contributed by atoms with Crippen LogP contribution in [-0.2, 0) is 8.35 Å². The van der Waals surface area contributed by atoms with E-state index in [1.54, 1.807) is 6.26 Å². The summed E-state index contributed by atoms with van der Waals surface area (Å²) in [6.45, 7) is 7.88. The third-order valence-corrected chi connectivity index (χ3v) is 23.8. The summed E-state index contributed by atoms with van der Waals surface area (Å²) in [4.78, 5) is 4.66. The van der Waals surface area contributed by atoms with Crippen LogP contribution in [-0.4, -0.2) is 30.0 Å². The Bertz CT molecular complexity index is 419. The van der Waals surface area contributed by atoms with Gasteiger partial charge in [0.15, 0.2) is 0 Å². The third kappa shape index (κ3) is 4.38. The van der Waals surface area contributed by atoms with Crippen molar-refractivity contribution in [2.24, 2.45) is 0 Å². The maximum atomic E-state index is 6.70. The predicted octanol–water partition coefficient (Wildman–Crippen LogP) is 6.46. The van der Waals surface area contributed by atoms with Gasteiger partial charge in [0.05, 0.1) is 0 Å². The van der Waals surface area contributed by atoms with Crippen LogP contribution in [0.5, 0.6) is 0 Å². The van der Waals surface area contributed by atoms with Crippen molar-refractivity contribution in [1.29, 1.82) is 0 Å². The quantitative estimate of drug-likeness (QED) is 0.369. The molecule has 1 fully saturated rings. The first-order chi connectivity index (χ1) is 11.7. The topological polar surface area (TPSA) is 35.3 Å². The molecule has 0 amide bonds. The van der Waals surface area contributed by atoms with E-state index in [1.807, 2.05) is 6.20 Å². The molecule has 0 saturated carbocycles. The van der Waals surface area contributed by atoms with Gasteiger partial charge in [-0.2, -0.15) is 0 Å². The standard InChI is InChI=1S/C8H10NO2.3C4H9.Sn/c1-2-5-10-7(3-1)8-9-4-6-11-8;3*1-3-4-2;/h4,6H,1-3,5H2;3*1,3-4H2,2H3;. The van der Waals surface area contributed by atoms with Crippen molar-refractivity contribution in [3.63, 3.8) is 0 Å². The SMILES string of the molecule is CCC[CH2][Sn]([CH2]CCC)([CH2]CCC)[C]1(c2ncco2)CCCCO1. The summed E-state index contributed by atoms with van der Waals surface area (Å²) >= 11 is -2.64. The van der Waals surface area contributed by atoms with Crippen molar-refractivity contribution in [3.8, 4) is 0 Å². The first kappa shape index (κ1) is 20.3. The second kappa shape index (κ2) is 10.2. The fourth-order valence-electron chi connectivity index (χ4n) is 4.56. The molecule has 4 heteroatoms. The molecule has 0 radical (unpaired) electrons. The van der Waals surface area contributed by atoms with Crippen molar-refractivity contribution in [2.75, 3.05) is 6.61 Å². The van der Waals surface area contributed by atoms with Gasteiger partial charge in [-0.25, -0.2) is 0 Å². The monoisotopic (exact) mass is 443 g/mol. The van der Waals surface area contributed by atoms with Crippen molar-refractivity contribution < 1.29 is 9.15 Å². The van der Waals surface area contributed by atoms with E-state index < -0.39 is 18.4 Å². The second-order valence-corrected chi connectivity index (χ2v) is 21.5. The maximum absolute atomic E-state index is 6.70. The summed E-state index contributed by atoms with van der Waals surface area (Å²) in [7, 11) is 0. The van der Waals surface area contributed by atoms with Crippen LogP contribution in [0.4, 0.5) is 0 Å². The van der Waals surface area contributed by atoms with Crippen LogP contribution in [0.15, 0.2) is 16.9 Å². The Hall–Kier alpha value is -0.0313. The van der Waals surface area contributed by atoms with E-state index >= 15 is 0 Å². The third-order valence-electron chi connectivity index (χ3n) is 5.93. The van der Waals surface area contributed by atoms with Crippen LogP contribution in [0, 0.1) is 0 Å². The summed E-state index contributed by atoms with van der Waals surface area (Å²) in [6.07, 6.45) is 15.1. The molecule has 0 spiro atoms. The minimum atomic E-state index is -2.64. The molecule has 0 aromatic carbocycles. The van der Waals surface area contributed by atoms with Gasteiger partial charge in [0.25, 0.3) is 0 Å². The van der Waals surface area contributed by atoms with Crippen molar-refractivity contribution in [2.45, 2.75) is 95.5 Å². The molecule has 1 aliphatic rings. The number of ether oxygens (including phenoxy) is 1. The Morgan fingerprint density at radius 3 is 2.04 bits per heavy atom. The molecule has 3 nitrogen and oxygen atoms in total. The van der Waals surface area contributed by atoms with E-state index in [1.165, 1.54) is 64.7 Å². The molecule has 1 unspecified atom stereocenters. The molecule has 0 aliphatic carbocycles. The van der Waals surface area contributed by atoms with Crippen molar-refractivity contribution in [1.82, 2.24) is 4.98 Å². The van der Waals surface area contributed by atoms with Crippen LogP contribution in [0.2, 0.25) is 13.3 Å². The summed E-state index contributed by atoms with van der Waals surface area (Å²) in [5.41, 5.74) is 0. The average Bonchev–Trinajstić information content (AvgIpc) is 3.17. The van der Waals surface area contributed by atoms with Gasteiger partial charge >= 0.3 is 153 Å². The first-order valence-corrected chi connectivity index (χ1v) is 17.8. The molecule has 1 saturated heterocycles. The number of oxazole rings is 1. The van der Waals surface area contributed by atoms with Crippen molar-refractivity contribution >= 4 is 18.4 Å². The second-order valence-electron chi connectivity index (χ2n) is 7.56. The van der Waals surface area contributed by atoms with Crippen LogP contribution < -0.4 is 0 Å². The van der Waals surface area contributed by atoms with Gasteiger partial charge in [0.1, 0.15) is 0 Å². The van der Waals surface area contributed by atoms with E-state index in [0.29, 0.717) is 0 Å². The molecule has 0 N–H and O–H groups in total. The average molecular weight is 442 g/mol. The van der Waals surface area contributed by atoms with Crippen LogP contribution >= 0.6 is 0 Å². The summed E-state index contributed by atoms with van der Waals surface area (Å²) < 4.78 is 16.9. The normalized spacial score (nSPS) is 22.0. The summed E-state index contributed by atoms with van der Waals surface area (Å²) in [6, 6.07) is 0. The zero-order valence-corrected chi connectivity index (χ0v) is 19.0. The van der Waals surface area contributed by atoms with Gasteiger partial charge in [0, 0.05) is 0 Å². The molecule has 24 heavy (non-hydrogen) atoms. The fraction of sp³-hybridized carbons (Fsp3) is 0.850. The molecular weight excluding hydrogens is 405 g/mol. The van der Waals surface area contributed by atoms with E-state index in [-0.39, 0.29) is 3.62 Å². The van der Waals surface area contributed by atoms with Crippen LogP contribution in [0.3, 0.4) is 0 Å². The predicted molar refractivity (Wildman–Crippen MR) is 103 cm³/mol. The summed E-state index contributed by atoms with van der Waals surface area (Å²) in [5, 5.41) is 0. The number of nitrogens with zero attached hydrogens (tertiary/aromatic N) is 1. The first-order valence-electron chi connectivity index (χ1n) is 10.3. The van der Waals surface area contributed by atoms with Gasteiger partial charge in [0.2, 0.25) is 0 Å². The molecule has 2 rings (SSSR count). The van der Waals surface area contributed by atoms with Gasteiger partial charge in [-0.15, -0.1) is 0 Å².